The van der Waals surface area contributed by atoms with E-state index in [1.807, 2.05) is 30.3 Å². The van der Waals surface area contributed by atoms with Crippen molar-refractivity contribution in [2.75, 3.05) is 13.7 Å². The van der Waals surface area contributed by atoms with Crippen LogP contribution < -0.4 is 0 Å². The molecule has 1 aromatic heterocycles. The number of hydrogen-bond acceptors (Lipinski definition) is 5. The molecule has 0 fully saturated rings. The van der Waals surface area contributed by atoms with E-state index in [0.29, 0.717) is 12.2 Å². The molecule has 6 nitrogen and oxygen atoms in total. The Balaban J connectivity index is 2.49. The van der Waals surface area contributed by atoms with Gasteiger partial charge in [-0.1, -0.05) is 18.2 Å². The first kappa shape index (κ1) is 16.3. The Morgan fingerprint density at radius 3 is 2.74 bits per heavy atom. The predicted octanol–water partition coefficient (Wildman–Crippen LogP) is 2.28. The van der Waals surface area contributed by atoms with Crippen molar-refractivity contribution in [3.8, 4) is 6.07 Å². The van der Waals surface area contributed by atoms with Crippen LogP contribution in [0.3, 0.4) is 0 Å². The second-order valence-electron chi connectivity index (χ2n) is 4.70. The van der Waals surface area contributed by atoms with Crippen molar-refractivity contribution in [3.05, 3.63) is 41.6 Å². The topological polar surface area (TPSA) is 81.3 Å². The Morgan fingerprint density at radius 2 is 2.09 bits per heavy atom. The first-order valence-corrected chi connectivity index (χ1v) is 7.04. The Labute approximate surface area is 133 Å². The minimum Gasteiger partial charge on any atom is -0.465 e. The van der Waals surface area contributed by atoms with E-state index in [2.05, 4.69) is 4.74 Å². The molecule has 0 spiro atoms. The lowest BCUT2D eigenvalue weighted by molar-refractivity contribution is -0.143. The molecule has 0 saturated heterocycles. The summed E-state index contributed by atoms with van der Waals surface area (Å²) in [6.07, 6.45) is 3.16. The van der Waals surface area contributed by atoms with Crippen LogP contribution in [0.25, 0.3) is 17.0 Å². The highest BCUT2D eigenvalue weighted by Gasteiger charge is 2.14. The minimum atomic E-state index is -0.699. The van der Waals surface area contributed by atoms with Crippen LogP contribution in [0.5, 0.6) is 0 Å². The number of methoxy groups -OCH3 is 1. The number of hydrogen-bond donors (Lipinski definition) is 0. The summed E-state index contributed by atoms with van der Waals surface area (Å²) < 4.78 is 11.3. The number of fused-ring (bicyclic) bond motifs is 1. The van der Waals surface area contributed by atoms with E-state index in [0.717, 1.165) is 10.9 Å². The van der Waals surface area contributed by atoms with Gasteiger partial charge in [0, 0.05) is 22.7 Å². The van der Waals surface area contributed by atoms with Crippen molar-refractivity contribution in [2.45, 2.75) is 13.5 Å². The van der Waals surface area contributed by atoms with Crippen LogP contribution in [0.15, 0.2) is 36.0 Å². The zero-order valence-electron chi connectivity index (χ0n) is 12.9. The second-order valence-corrected chi connectivity index (χ2v) is 4.70. The molecule has 2 aromatic rings. The summed E-state index contributed by atoms with van der Waals surface area (Å²) in [4.78, 5) is 23.3. The molecule has 1 heterocycles. The summed E-state index contributed by atoms with van der Waals surface area (Å²) in [6, 6.07) is 9.23. The third kappa shape index (κ3) is 3.58. The summed E-state index contributed by atoms with van der Waals surface area (Å²) in [5.41, 5.74) is 1.37. The van der Waals surface area contributed by atoms with Crippen LogP contribution in [0.4, 0.5) is 0 Å². The van der Waals surface area contributed by atoms with Crippen LogP contribution in [-0.4, -0.2) is 30.2 Å². The lowest BCUT2D eigenvalue weighted by atomic mass is 10.1. The lowest BCUT2D eigenvalue weighted by Crippen LogP contribution is -2.12. The molecule has 0 radical (unpaired) electrons. The average molecular weight is 312 g/mol. The van der Waals surface area contributed by atoms with Gasteiger partial charge in [0.25, 0.3) is 0 Å². The van der Waals surface area contributed by atoms with Gasteiger partial charge < -0.3 is 14.0 Å². The number of ether oxygens (including phenoxy) is 2. The van der Waals surface area contributed by atoms with Crippen molar-refractivity contribution in [3.63, 3.8) is 0 Å². The third-order valence-electron chi connectivity index (χ3n) is 3.25. The number of esters is 2. The first-order valence-electron chi connectivity index (χ1n) is 7.04. The summed E-state index contributed by atoms with van der Waals surface area (Å²) in [5.74, 6) is -1.05. The molecular weight excluding hydrogens is 296 g/mol. The molecule has 0 atom stereocenters. The summed E-state index contributed by atoms with van der Waals surface area (Å²) in [5, 5.41) is 9.91. The summed E-state index contributed by atoms with van der Waals surface area (Å²) in [6.45, 7) is 2.11. The highest BCUT2D eigenvalue weighted by Crippen LogP contribution is 2.24. The van der Waals surface area contributed by atoms with Gasteiger partial charge in [-0.25, -0.2) is 4.79 Å². The van der Waals surface area contributed by atoms with Gasteiger partial charge in [0.2, 0.25) is 0 Å². The molecule has 0 amide bonds. The van der Waals surface area contributed by atoms with Crippen molar-refractivity contribution < 1.29 is 19.1 Å². The Hall–Kier alpha value is -3.07. The molecular formula is C17H16N2O4. The first-order chi connectivity index (χ1) is 11.1. The van der Waals surface area contributed by atoms with Gasteiger partial charge in [-0.05, 0) is 19.1 Å². The number of aromatic nitrogens is 1. The quantitative estimate of drug-likeness (QED) is 0.480. The third-order valence-corrected chi connectivity index (χ3v) is 3.25. The Morgan fingerprint density at radius 1 is 1.35 bits per heavy atom. The van der Waals surface area contributed by atoms with E-state index in [4.69, 9.17) is 10.00 Å². The maximum absolute atomic E-state index is 11.7. The monoisotopic (exact) mass is 312 g/mol. The van der Waals surface area contributed by atoms with Crippen molar-refractivity contribution in [1.29, 1.82) is 5.26 Å². The molecule has 0 aliphatic heterocycles. The van der Waals surface area contributed by atoms with E-state index < -0.39 is 5.97 Å². The van der Waals surface area contributed by atoms with Gasteiger partial charge in [-0.15, -0.1) is 0 Å². The summed E-state index contributed by atoms with van der Waals surface area (Å²) >= 11 is 0. The van der Waals surface area contributed by atoms with Gasteiger partial charge in [-0.2, -0.15) is 5.26 Å². The highest BCUT2D eigenvalue weighted by atomic mass is 16.5. The number of carbonyl (C=O) groups excluding carboxylic acids is 2. The van der Waals surface area contributed by atoms with Crippen molar-refractivity contribution in [2.24, 2.45) is 0 Å². The molecule has 0 saturated carbocycles. The molecule has 118 valence electrons. The number of para-hydroxylation sites is 1. The Kier molecular flexibility index (Phi) is 5.15. The maximum atomic E-state index is 11.7. The predicted molar refractivity (Wildman–Crippen MR) is 84.2 cm³/mol. The smallest absolute Gasteiger partial charge is 0.348 e. The van der Waals surface area contributed by atoms with Crippen LogP contribution in [0.2, 0.25) is 0 Å². The molecule has 0 bridgehead atoms. The number of nitriles is 1. The Bertz CT molecular complexity index is 812. The fraction of sp³-hybridized carbons (Fsp3) is 0.235. The second kappa shape index (κ2) is 7.27. The van der Waals surface area contributed by atoms with Gasteiger partial charge >= 0.3 is 11.9 Å². The van der Waals surface area contributed by atoms with E-state index >= 15 is 0 Å². The van der Waals surface area contributed by atoms with E-state index in [1.54, 1.807) is 17.7 Å². The van der Waals surface area contributed by atoms with Gasteiger partial charge in [0.05, 0.1) is 13.7 Å². The lowest BCUT2D eigenvalue weighted by Gasteiger charge is -2.04. The zero-order valence-corrected chi connectivity index (χ0v) is 12.9. The van der Waals surface area contributed by atoms with Crippen molar-refractivity contribution in [1.82, 2.24) is 4.57 Å². The molecule has 2 rings (SSSR count). The number of rotatable bonds is 5. The van der Waals surface area contributed by atoms with Crippen LogP contribution in [-0.2, 0) is 25.6 Å². The molecule has 6 heteroatoms. The van der Waals surface area contributed by atoms with Gasteiger partial charge in [0.1, 0.15) is 18.2 Å². The molecule has 0 N–H and O–H groups in total. The van der Waals surface area contributed by atoms with Crippen LogP contribution in [0.1, 0.15) is 12.5 Å². The molecule has 0 aliphatic rings. The highest BCUT2D eigenvalue weighted by molar-refractivity contribution is 6.01. The maximum Gasteiger partial charge on any atom is 0.348 e. The average Bonchev–Trinajstić information content (AvgIpc) is 2.90. The fourth-order valence-corrected chi connectivity index (χ4v) is 2.27. The molecule has 0 aliphatic carbocycles. The van der Waals surface area contributed by atoms with E-state index in [1.165, 1.54) is 13.2 Å². The van der Waals surface area contributed by atoms with E-state index in [-0.39, 0.29) is 18.1 Å². The minimum absolute atomic E-state index is 0.0578. The van der Waals surface area contributed by atoms with Crippen LogP contribution >= 0.6 is 0 Å². The zero-order chi connectivity index (χ0) is 16.8. The molecule has 1 aromatic carbocycles. The normalized spacial score (nSPS) is 11.1. The van der Waals surface area contributed by atoms with E-state index in [9.17, 15) is 9.59 Å². The van der Waals surface area contributed by atoms with Crippen molar-refractivity contribution >= 4 is 28.9 Å². The molecule has 23 heavy (non-hydrogen) atoms. The fourth-order valence-electron chi connectivity index (χ4n) is 2.27. The number of benzene rings is 1. The number of nitrogens with zero attached hydrogens (tertiary/aromatic N) is 2. The van der Waals surface area contributed by atoms with Gasteiger partial charge in [0.15, 0.2) is 0 Å². The van der Waals surface area contributed by atoms with Crippen LogP contribution in [0, 0.1) is 11.3 Å². The van der Waals surface area contributed by atoms with Gasteiger partial charge in [-0.3, -0.25) is 4.79 Å². The SMILES string of the molecule is CCOC(=O)Cn1cc(/C=C(/C#N)C(=O)OC)c2ccccc21. The number of carbonyl (C=O) groups is 2. The standard InChI is InChI=1S/C17H16N2O4/c1-3-23-16(20)11-19-10-13(8-12(9-18)17(21)22-2)14-6-4-5-7-15(14)19/h4-8,10H,3,11H2,1-2H3/b12-8-. The molecule has 0 unspecified atom stereocenters. The summed E-state index contributed by atoms with van der Waals surface area (Å²) in [7, 11) is 1.22. The largest absolute Gasteiger partial charge is 0.465 e.